The summed E-state index contributed by atoms with van der Waals surface area (Å²) in [4.78, 5) is 2.23. The molecular formula is C20H28ClN3O3. The molecule has 6 nitrogen and oxygen atoms in total. The fraction of sp³-hybridized carbons (Fsp3) is 0.550. The number of aromatic amines is 1. The van der Waals surface area contributed by atoms with E-state index in [1.54, 1.807) is 0 Å². The summed E-state index contributed by atoms with van der Waals surface area (Å²) < 4.78 is 11.3. The highest BCUT2D eigenvalue weighted by Gasteiger charge is 2.32. The summed E-state index contributed by atoms with van der Waals surface area (Å²) in [6, 6.07) is 5.81. The van der Waals surface area contributed by atoms with Crippen molar-refractivity contribution in [3.05, 3.63) is 40.2 Å². The molecule has 0 radical (unpaired) electrons. The second-order valence-electron chi connectivity index (χ2n) is 7.02. The number of nitrogens with zero attached hydrogens (tertiary/aromatic N) is 2. The number of rotatable bonds is 8. The number of β-amino-alcohol motifs (C(OH)–C–C–N with tert-alkyl or cyclic N) is 1. The van der Waals surface area contributed by atoms with Crippen molar-refractivity contribution >= 4 is 11.6 Å². The van der Waals surface area contributed by atoms with Crippen molar-refractivity contribution in [2.24, 2.45) is 5.92 Å². The van der Waals surface area contributed by atoms with E-state index in [0.29, 0.717) is 42.8 Å². The highest BCUT2D eigenvalue weighted by molar-refractivity contribution is 6.31. The Morgan fingerprint density at radius 3 is 2.52 bits per heavy atom. The molecule has 27 heavy (non-hydrogen) atoms. The van der Waals surface area contributed by atoms with E-state index in [0.717, 1.165) is 29.9 Å². The first-order valence-corrected chi connectivity index (χ1v) is 9.87. The van der Waals surface area contributed by atoms with Gasteiger partial charge in [-0.1, -0.05) is 11.6 Å². The van der Waals surface area contributed by atoms with Crippen LogP contribution in [0.4, 0.5) is 0 Å². The van der Waals surface area contributed by atoms with Crippen molar-refractivity contribution in [2.45, 2.75) is 39.8 Å². The number of ether oxygens (including phenoxy) is 2. The van der Waals surface area contributed by atoms with Crippen molar-refractivity contribution in [1.29, 1.82) is 0 Å². The molecule has 2 heterocycles. The second kappa shape index (κ2) is 8.95. The summed E-state index contributed by atoms with van der Waals surface area (Å²) in [6.07, 6.45) is 0.401. The molecule has 1 aromatic carbocycles. The van der Waals surface area contributed by atoms with Crippen LogP contribution in [0.3, 0.4) is 0 Å². The lowest BCUT2D eigenvalue weighted by Gasteiger charge is -2.19. The van der Waals surface area contributed by atoms with E-state index in [9.17, 15) is 5.11 Å². The molecule has 148 valence electrons. The monoisotopic (exact) mass is 393 g/mol. The molecule has 0 spiro atoms. The molecule has 0 amide bonds. The van der Waals surface area contributed by atoms with Gasteiger partial charge >= 0.3 is 0 Å². The summed E-state index contributed by atoms with van der Waals surface area (Å²) in [5, 5.41) is 18.4. The predicted molar refractivity (Wildman–Crippen MR) is 106 cm³/mol. The standard InChI is InChI=1S/C20H28ClN3O3/c1-4-26-19-8-14(17(21)9-20(19)27-5-2)10-24-11-15(18(25)12-24)7-16-6-13(3)22-23-16/h6,8-9,15,18,25H,4-5,7,10-12H2,1-3H3,(H,22,23)/t15-,18+/m1/s1. The van der Waals surface area contributed by atoms with Crippen LogP contribution in [0.25, 0.3) is 0 Å². The van der Waals surface area contributed by atoms with Gasteiger partial charge in [0.05, 0.1) is 25.0 Å². The van der Waals surface area contributed by atoms with Gasteiger partial charge in [-0.05, 0) is 44.9 Å². The molecule has 1 fully saturated rings. The molecular weight excluding hydrogens is 366 g/mol. The molecule has 0 aliphatic carbocycles. The van der Waals surface area contributed by atoms with E-state index >= 15 is 0 Å². The molecule has 2 N–H and O–H groups in total. The van der Waals surface area contributed by atoms with Crippen molar-refractivity contribution in [3.8, 4) is 11.5 Å². The third-order valence-electron chi connectivity index (χ3n) is 4.82. The van der Waals surface area contributed by atoms with Gasteiger partial charge in [-0.3, -0.25) is 10.00 Å². The number of aliphatic hydroxyl groups excluding tert-OH is 1. The molecule has 1 aliphatic rings. The van der Waals surface area contributed by atoms with E-state index in [1.165, 1.54) is 0 Å². The average molecular weight is 394 g/mol. The topological polar surface area (TPSA) is 70.6 Å². The van der Waals surface area contributed by atoms with E-state index in [2.05, 4.69) is 15.1 Å². The summed E-state index contributed by atoms with van der Waals surface area (Å²) in [7, 11) is 0. The van der Waals surface area contributed by atoms with Crippen LogP contribution in [0.15, 0.2) is 18.2 Å². The third-order valence-corrected chi connectivity index (χ3v) is 5.17. The van der Waals surface area contributed by atoms with Gasteiger partial charge in [0.1, 0.15) is 0 Å². The fourth-order valence-electron chi connectivity index (χ4n) is 3.59. The van der Waals surface area contributed by atoms with E-state index in [4.69, 9.17) is 21.1 Å². The Labute approximate surface area is 165 Å². The Balaban J connectivity index is 1.68. The van der Waals surface area contributed by atoms with Gasteiger partial charge in [0.15, 0.2) is 11.5 Å². The van der Waals surface area contributed by atoms with Crippen LogP contribution >= 0.6 is 11.6 Å². The molecule has 3 rings (SSSR count). The first-order chi connectivity index (χ1) is 13.0. The molecule has 7 heteroatoms. The van der Waals surface area contributed by atoms with Crippen molar-refractivity contribution < 1.29 is 14.6 Å². The number of benzene rings is 1. The van der Waals surface area contributed by atoms with Crippen LogP contribution in [0.1, 0.15) is 30.8 Å². The number of nitrogens with one attached hydrogen (secondary N) is 1. The molecule has 1 aliphatic heterocycles. The summed E-state index contributed by atoms with van der Waals surface area (Å²) in [6.45, 7) is 9.09. The second-order valence-corrected chi connectivity index (χ2v) is 7.43. The van der Waals surface area contributed by atoms with Gasteiger partial charge in [0, 0.05) is 42.3 Å². The van der Waals surface area contributed by atoms with Crippen LogP contribution < -0.4 is 9.47 Å². The number of likely N-dealkylation sites (tertiary alicyclic amines) is 1. The Morgan fingerprint density at radius 2 is 1.89 bits per heavy atom. The van der Waals surface area contributed by atoms with Crippen LogP contribution in [-0.2, 0) is 13.0 Å². The zero-order valence-corrected chi connectivity index (χ0v) is 16.9. The third kappa shape index (κ3) is 4.94. The maximum absolute atomic E-state index is 10.5. The van der Waals surface area contributed by atoms with Gasteiger partial charge in [-0.15, -0.1) is 0 Å². The number of hydrogen-bond acceptors (Lipinski definition) is 5. The Kier molecular flexibility index (Phi) is 6.63. The van der Waals surface area contributed by atoms with Crippen molar-refractivity contribution in [1.82, 2.24) is 15.1 Å². The SMILES string of the molecule is CCOc1cc(Cl)c(CN2C[C@@H](Cc3cc(C)[nH]n3)[C@@H](O)C2)cc1OCC. The van der Waals surface area contributed by atoms with Crippen LogP contribution in [0.5, 0.6) is 11.5 Å². The van der Waals surface area contributed by atoms with Crippen LogP contribution in [0, 0.1) is 12.8 Å². The molecule has 1 saturated heterocycles. The molecule has 1 aromatic heterocycles. The summed E-state index contributed by atoms with van der Waals surface area (Å²) in [5.74, 6) is 1.55. The maximum atomic E-state index is 10.5. The van der Waals surface area contributed by atoms with Crippen LogP contribution in [0.2, 0.25) is 5.02 Å². The van der Waals surface area contributed by atoms with E-state index < -0.39 is 0 Å². The first-order valence-electron chi connectivity index (χ1n) is 9.49. The Hall–Kier alpha value is -1.76. The average Bonchev–Trinajstić information content (AvgIpc) is 3.18. The molecule has 0 bridgehead atoms. The molecule has 2 aromatic rings. The fourth-order valence-corrected chi connectivity index (χ4v) is 3.81. The minimum atomic E-state index is -0.366. The number of H-pyrrole nitrogens is 1. The highest BCUT2D eigenvalue weighted by atomic mass is 35.5. The normalized spacial score (nSPS) is 20.2. The maximum Gasteiger partial charge on any atom is 0.162 e. The highest BCUT2D eigenvalue weighted by Crippen LogP contribution is 2.35. The van der Waals surface area contributed by atoms with Gasteiger partial charge in [0.25, 0.3) is 0 Å². The van der Waals surface area contributed by atoms with Gasteiger partial charge < -0.3 is 14.6 Å². The van der Waals surface area contributed by atoms with Gasteiger partial charge in [-0.2, -0.15) is 5.10 Å². The lowest BCUT2D eigenvalue weighted by atomic mass is 10.0. The number of aliphatic hydroxyl groups is 1. The van der Waals surface area contributed by atoms with Crippen molar-refractivity contribution in [2.75, 3.05) is 26.3 Å². The van der Waals surface area contributed by atoms with Crippen molar-refractivity contribution in [3.63, 3.8) is 0 Å². The predicted octanol–water partition coefficient (Wildman–Crippen LogP) is 3.20. The number of halogens is 1. The number of aryl methyl sites for hydroxylation is 1. The molecule has 0 saturated carbocycles. The minimum absolute atomic E-state index is 0.167. The summed E-state index contributed by atoms with van der Waals surface area (Å²) >= 11 is 6.48. The first kappa shape index (κ1) is 20.0. The molecule has 0 unspecified atom stereocenters. The Morgan fingerprint density at radius 1 is 1.19 bits per heavy atom. The van der Waals surface area contributed by atoms with Gasteiger partial charge in [0.2, 0.25) is 0 Å². The summed E-state index contributed by atoms with van der Waals surface area (Å²) in [5.41, 5.74) is 3.02. The molecule has 2 atom stereocenters. The lowest BCUT2D eigenvalue weighted by Crippen LogP contribution is -2.21. The minimum Gasteiger partial charge on any atom is -0.490 e. The zero-order valence-electron chi connectivity index (χ0n) is 16.2. The van der Waals surface area contributed by atoms with E-state index in [1.807, 2.05) is 39.0 Å². The Bertz CT molecular complexity index is 765. The van der Waals surface area contributed by atoms with Crippen LogP contribution in [-0.4, -0.2) is 52.6 Å². The number of hydrogen-bond donors (Lipinski definition) is 2. The van der Waals surface area contributed by atoms with E-state index in [-0.39, 0.29) is 12.0 Å². The lowest BCUT2D eigenvalue weighted by molar-refractivity contribution is 0.140. The number of aromatic nitrogens is 2. The largest absolute Gasteiger partial charge is 0.490 e. The quantitative estimate of drug-likeness (QED) is 0.720. The smallest absolute Gasteiger partial charge is 0.162 e. The van der Waals surface area contributed by atoms with Gasteiger partial charge in [-0.25, -0.2) is 0 Å². The zero-order chi connectivity index (χ0) is 19.4.